The zero-order valence-corrected chi connectivity index (χ0v) is 20.7. The summed E-state index contributed by atoms with van der Waals surface area (Å²) in [5.41, 5.74) is 1.78. The topological polar surface area (TPSA) is 81.1 Å². The Morgan fingerprint density at radius 2 is 1.52 bits per heavy atom. The summed E-state index contributed by atoms with van der Waals surface area (Å²) in [4.78, 5) is 13.4. The average molecular weight is 570 g/mol. The lowest BCUT2D eigenvalue weighted by Gasteiger charge is -2.16. The van der Waals surface area contributed by atoms with E-state index < -0.39 is 5.56 Å². The lowest BCUT2D eigenvalue weighted by molar-refractivity contribution is 0.414. The molecule has 33 heavy (non-hydrogen) atoms. The van der Waals surface area contributed by atoms with Crippen LogP contribution in [0.5, 0.6) is 11.6 Å². The molecule has 0 radical (unpaired) electrons. The second-order valence-electron chi connectivity index (χ2n) is 7.09. The molecule has 4 rings (SSSR count). The lowest BCUT2D eigenvalue weighted by atomic mass is 10.2. The number of aryl methyl sites for hydroxylation is 1. The molecule has 1 N–H and O–H groups in total. The predicted molar refractivity (Wildman–Crippen MR) is 138 cm³/mol. The van der Waals surface area contributed by atoms with Gasteiger partial charge in [-0.05, 0) is 102 Å². The monoisotopic (exact) mass is 570 g/mol. The molecule has 9 heteroatoms. The maximum atomic E-state index is 13.4. The number of aromatic nitrogens is 2. The fraction of sp³-hybridized carbons (Fsp3) is 0.0833. The van der Waals surface area contributed by atoms with Crippen LogP contribution in [0.2, 0.25) is 0 Å². The Morgan fingerprint density at radius 1 is 0.909 bits per heavy atom. The smallest absolute Gasteiger partial charge is 0.290 e. The summed E-state index contributed by atoms with van der Waals surface area (Å²) in [7, 11) is 1.56. The van der Waals surface area contributed by atoms with Crippen molar-refractivity contribution in [3.63, 3.8) is 0 Å². The van der Waals surface area contributed by atoms with Crippen LogP contribution in [-0.2, 0) is 0 Å². The number of aromatic hydroxyl groups is 1. The van der Waals surface area contributed by atoms with Crippen molar-refractivity contribution < 1.29 is 9.84 Å². The van der Waals surface area contributed by atoms with Gasteiger partial charge in [0.25, 0.3) is 5.56 Å². The van der Waals surface area contributed by atoms with Crippen molar-refractivity contribution in [2.75, 3.05) is 7.11 Å². The quantitative estimate of drug-likeness (QED) is 0.171. The molecule has 7 nitrogen and oxygen atoms in total. The van der Waals surface area contributed by atoms with E-state index in [1.54, 1.807) is 37.4 Å². The van der Waals surface area contributed by atoms with E-state index in [4.69, 9.17) is 17.0 Å². The standard InChI is InChI=1S/C24H19IN4O3S/c1-15-5-3-4-6-20(15)26-27-21-22(30)28(17-9-7-16(25)8-10-17)24(33)29(23(21)31)18-11-13-19(32-2)14-12-18/h3-14,30H,1-2H3. The number of nitrogens with zero attached hydrogens (tertiary/aromatic N) is 4. The van der Waals surface area contributed by atoms with E-state index in [-0.39, 0.29) is 16.3 Å². The molecule has 0 atom stereocenters. The fourth-order valence-electron chi connectivity index (χ4n) is 3.23. The first-order chi connectivity index (χ1) is 15.9. The molecule has 0 unspecified atom stereocenters. The zero-order chi connectivity index (χ0) is 23.5. The largest absolute Gasteiger partial charge is 0.497 e. The number of methoxy groups -OCH3 is 1. The van der Waals surface area contributed by atoms with Crippen LogP contribution in [0.15, 0.2) is 87.8 Å². The van der Waals surface area contributed by atoms with E-state index in [2.05, 4.69) is 32.8 Å². The van der Waals surface area contributed by atoms with Gasteiger partial charge in [0, 0.05) is 3.57 Å². The van der Waals surface area contributed by atoms with E-state index in [0.29, 0.717) is 22.8 Å². The van der Waals surface area contributed by atoms with Crippen molar-refractivity contribution in [1.82, 2.24) is 9.13 Å². The van der Waals surface area contributed by atoms with Gasteiger partial charge in [0.1, 0.15) is 5.75 Å². The van der Waals surface area contributed by atoms with E-state index in [0.717, 1.165) is 9.13 Å². The second kappa shape index (κ2) is 9.67. The summed E-state index contributed by atoms with van der Waals surface area (Å²) in [5, 5.41) is 19.5. The van der Waals surface area contributed by atoms with Gasteiger partial charge >= 0.3 is 0 Å². The number of rotatable bonds is 5. The Balaban J connectivity index is 2.00. The maximum absolute atomic E-state index is 13.4. The zero-order valence-electron chi connectivity index (χ0n) is 17.8. The summed E-state index contributed by atoms with van der Waals surface area (Å²) in [6.45, 7) is 1.89. The minimum absolute atomic E-state index is 0.0960. The summed E-state index contributed by atoms with van der Waals surface area (Å²) < 4.78 is 9.06. The number of halogens is 1. The van der Waals surface area contributed by atoms with E-state index in [9.17, 15) is 9.90 Å². The van der Waals surface area contributed by atoms with Crippen molar-refractivity contribution in [1.29, 1.82) is 0 Å². The van der Waals surface area contributed by atoms with Gasteiger partial charge in [0.15, 0.2) is 4.77 Å². The number of hydrogen-bond acceptors (Lipinski definition) is 6. The first-order valence-electron chi connectivity index (χ1n) is 9.89. The third kappa shape index (κ3) is 4.60. The van der Waals surface area contributed by atoms with Gasteiger partial charge in [-0.1, -0.05) is 18.2 Å². The highest BCUT2D eigenvalue weighted by Gasteiger charge is 2.19. The first-order valence-corrected chi connectivity index (χ1v) is 11.4. The molecule has 0 aliphatic rings. The molecular formula is C24H19IN4O3S. The van der Waals surface area contributed by atoms with Gasteiger partial charge in [-0.15, -0.1) is 10.2 Å². The summed E-state index contributed by atoms with van der Waals surface area (Å²) in [6.07, 6.45) is 0. The highest BCUT2D eigenvalue weighted by atomic mass is 127. The molecule has 0 bridgehead atoms. The lowest BCUT2D eigenvalue weighted by Crippen LogP contribution is -2.23. The SMILES string of the molecule is COc1ccc(-n2c(=O)c(N=Nc3ccccc3C)c(O)n(-c3ccc(I)cc3)c2=S)cc1. The fourth-order valence-corrected chi connectivity index (χ4v) is 3.97. The van der Waals surface area contributed by atoms with Crippen LogP contribution in [-0.4, -0.2) is 21.4 Å². The van der Waals surface area contributed by atoms with Gasteiger partial charge in [0.05, 0.1) is 24.2 Å². The maximum Gasteiger partial charge on any atom is 0.290 e. The molecule has 166 valence electrons. The van der Waals surface area contributed by atoms with E-state index >= 15 is 0 Å². The third-order valence-corrected chi connectivity index (χ3v) is 6.08. The van der Waals surface area contributed by atoms with Crippen molar-refractivity contribution in [3.05, 3.63) is 97.1 Å². The van der Waals surface area contributed by atoms with Crippen LogP contribution in [0.4, 0.5) is 11.4 Å². The summed E-state index contributed by atoms with van der Waals surface area (Å²) in [5.74, 6) is 0.259. The van der Waals surface area contributed by atoms with Gasteiger partial charge < -0.3 is 9.84 Å². The molecule has 4 aromatic rings. The number of azo groups is 1. The molecular weight excluding hydrogens is 551 g/mol. The Kier molecular flexibility index (Phi) is 6.70. The molecule has 0 saturated heterocycles. The van der Waals surface area contributed by atoms with Crippen molar-refractivity contribution in [2.24, 2.45) is 10.2 Å². The minimum atomic E-state index is -0.582. The van der Waals surface area contributed by atoms with Crippen LogP contribution < -0.4 is 10.3 Å². The average Bonchev–Trinajstić information content (AvgIpc) is 2.82. The summed E-state index contributed by atoms with van der Waals surface area (Å²) in [6, 6.07) is 21.7. The Hall–Kier alpha value is -3.31. The van der Waals surface area contributed by atoms with Crippen LogP contribution in [0.1, 0.15) is 5.56 Å². The Bertz CT molecular complexity index is 1460. The number of benzene rings is 3. The predicted octanol–water partition coefficient (Wildman–Crippen LogP) is 6.40. The molecule has 3 aromatic carbocycles. The van der Waals surface area contributed by atoms with Crippen LogP contribution in [0, 0.1) is 15.3 Å². The highest BCUT2D eigenvalue weighted by molar-refractivity contribution is 14.1. The number of ether oxygens (including phenoxy) is 1. The molecule has 1 heterocycles. The van der Waals surface area contributed by atoms with Gasteiger partial charge in [-0.25, -0.2) is 0 Å². The second-order valence-corrected chi connectivity index (χ2v) is 8.70. The Morgan fingerprint density at radius 3 is 2.15 bits per heavy atom. The Labute approximate surface area is 208 Å². The first kappa shape index (κ1) is 22.9. The molecule has 1 aromatic heterocycles. The van der Waals surface area contributed by atoms with Crippen molar-refractivity contribution in [3.8, 4) is 23.0 Å². The van der Waals surface area contributed by atoms with Crippen molar-refractivity contribution in [2.45, 2.75) is 6.92 Å². The van der Waals surface area contributed by atoms with Gasteiger partial charge in [-0.2, -0.15) is 0 Å². The van der Waals surface area contributed by atoms with Crippen molar-refractivity contribution >= 4 is 46.2 Å². The minimum Gasteiger partial charge on any atom is -0.497 e. The molecule has 0 aliphatic carbocycles. The molecule has 0 aliphatic heterocycles. The highest BCUT2D eigenvalue weighted by Crippen LogP contribution is 2.30. The molecule has 0 saturated carbocycles. The van der Waals surface area contributed by atoms with E-state index in [1.165, 1.54) is 9.13 Å². The van der Waals surface area contributed by atoms with Crippen LogP contribution in [0.25, 0.3) is 11.4 Å². The molecule has 0 spiro atoms. The summed E-state index contributed by atoms with van der Waals surface area (Å²) >= 11 is 7.84. The van der Waals surface area contributed by atoms with Crippen LogP contribution in [0.3, 0.4) is 0 Å². The number of hydrogen-bond donors (Lipinski definition) is 1. The molecule has 0 fully saturated rings. The molecule has 0 amide bonds. The third-order valence-electron chi connectivity index (χ3n) is 5.00. The van der Waals surface area contributed by atoms with E-state index in [1.807, 2.05) is 49.4 Å². The van der Waals surface area contributed by atoms with Gasteiger partial charge in [-0.3, -0.25) is 13.9 Å². The normalized spacial score (nSPS) is 11.1. The van der Waals surface area contributed by atoms with Gasteiger partial charge in [0.2, 0.25) is 11.6 Å². The van der Waals surface area contributed by atoms with Crippen LogP contribution >= 0.6 is 34.8 Å².